The minimum atomic E-state index is 0.918. The third-order valence-electron chi connectivity index (χ3n) is 21.9. The van der Waals surface area contributed by atoms with Crippen molar-refractivity contribution >= 4 is 130 Å². The first-order valence-electron chi connectivity index (χ1n) is 36.9. The molecular weight excluding hydrogens is 1310 g/mol. The molecule has 18 aromatic carbocycles. The van der Waals surface area contributed by atoms with Gasteiger partial charge in [-0.05, 0) is 211 Å². The lowest BCUT2D eigenvalue weighted by Gasteiger charge is -2.13. The Balaban J connectivity index is 0.000000139. The molecule has 0 atom stereocenters. The predicted molar refractivity (Wildman–Crippen MR) is 458 cm³/mol. The molecule has 0 aliphatic rings. The van der Waals surface area contributed by atoms with Gasteiger partial charge in [-0.15, -0.1) is 0 Å². The first-order chi connectivity index (χ1) is 53.4. The topological polar surface area (TPSA) is 51.6 Å². The smallest absolute Gasteiger partial charge is 0.0978 e. The summed E-state index contributed by atoms with van der Waals surface area (Å²) >= 11 is 0. The Hall–Kier alpha value is -14.3. The number of aromatic nitrogens is 4. The second-order valence-corrected chi connectivity index (χ2v) is 28.4. The molecule has 0 saturated carbocycles. The number of hydrogen-bond acceptors (Lipinski definition) is 4. The van der Waals surface area contributed by atoms with Gasteiger partial charge in [0.15, 0.2) is 0 Å². The molecule has 4 heteroatoms. The van der Waals surface area contributed by atoms with Gasteiger partial charge < -0.3 is 0 Å². The summed E-state index contributed by atoms with van der Waals surface area (Å²) in [6.45, 7) is 0. The van der Waals surface area contributed by atoms with Crippen LogP contribution >= 0.6 is 0 Å². The molecule has 4 aromatic heterocycles. The highest BCUT2D eigenvalue weighted by Crippen LogP contribution is 2.42. The molecule has 0 N–H and O–H groups in total. The second-order valence-electron chi connectivity index (χ2n) is 28.4. The van der Waals surface area contributed by atoms with E-state index in [2.05, 4.69) is 388 Å². The molecule has 0 bridgehead atoms. The van der Waals surface area contributed by atoms with Crippen molar-refractivity contribution in [3.63, 3.8) is 0 Å². The number of rotatable bonds is 8. The summed E-state index contributed by atoms with van der Waals surface area (Å²) in [6, 6.07) is 140. The molecule has 0 aliphatic carbocycles. The van der Waals surface area contributed by atoms with Crippen molar-refractivity contribution in [2.24, 2.45) is 0 Å². The Morgan fingerprint density at radius 1 is 0.130 bits per heavy atom. The van der Waals surface area contributed by atoms with Crippen molar-refractivity contribution in [1.82, 2.24) is 19.9 Å². The third-order valence-corrected chi connectivity index (χ3v) is 21.9. The van der Waals surface area contributed by atoms with Gasteiger partial charge in [-0.1, -0.05) is 297 Å². The highest BCUT2D eigenvalue weighted by atomic mass is 14.8. The van der Waals surface area contributed by atoms with Crippen molar-refractivity contribution in [2.75, 3.05) is 0 Å². The van der Waals surface area contributed by atoms with Crippen molar-refractivity contribution in [3.05, 3.63) is 388 Å². The van der Waals surface area contributed by atoms with Gasteiger partial charge in [0.1, 0.15) is 0 Å². The molecule has 4 nitrogen and oxygen atoms in total. The maximum Gasteiger partial charge on any atom is 0.0978 e. The van der Waals surface area contributed by atoms with Crippen molar-refractivity contribution in [2.45, 2.75) is 0 Å². The Morgan fingerprint density at radius 2 is 0.407 bits per heavy atom. The highest BCUT2D eigenvalue weighted by molar-refractivity contribution is 6.18. The van der Waals surface area contributed by atoms with E-state index >= 15 is 0 Å². The lowest BCUT2D eigenvalue weighted by Crippen LogP contribution is -1.93. The number of fused-ring (bicyclic) bond motifs is 14. The zero-order valence-corrected chi connectivity index (χ0v) is 58.7. The average Bonchev–Trinajstić information content (AvgIpc) is 0.745. The van der Waals surface area contributed by atoms with Gasteiger partial charge in [0.05, 0.1) is 44.5 Å². The van der Waals surface area contributed by atoms with Crippen LogP contribution in [0.5, 0.6) is 0 Å². The van der Waals surface area contributed by atoms with Crippen molar-refractivity contribution < 1.29 is 0 Å². The largest absolute Gasteiger partial charge is 0.245 e. The fourth-order valence-corrected chi connectivity index (χ4v) is 16.4. The summed E-state index contributed by atoms with van der Waals surface area (Å²) in [5.41, 5.74) is 24.2. The molecule has 0 saturated heterocycles. The van der Waals surface area contributed by atoms with Crippen LogP contribution < -0.4 is 0 Å². The van der Waals surface area contributed by atoms with Gasteiger partial charge in [0, 0.05) is 54.6 Å². The fraction of sp³-hybridized carbons (Fsp3) is 0. The molecule has 22 rings (SSSR count). The first kappa shape index (κ1) is 62.3. The molecule has 108 heavy (non-hydrogen) atoms. The van der Waals surface area contributed by atoms with Gasteiger partial charge in [0.25, 0.3) is 0 Å². The molecule has 4 heterocycles. The highest BCUT2D eigenvalue weighted by Gasteiger charge is 2.19. The Labute approximate surface area is 623 Å². The SMILES string of the molecule is c1ccc(-c2c3ccccc3nc3c2ccc2ccc(-c4ccc5cc6cc(-c7ccc8cc(-c9ccc%10ccccc%10c9)ccc8c7)ccc6cc5c4)nc23)cc1.c1ccc(-c2c3ccccc3nc3c2ccc2ccc(-c4cccc(-c5ccc6cc(-c7ccc8ccccc8c7)ccc6c5)c4)nc23)cc1. The lowest BCUT2D eigenvalue weighted by atomic mass is 9.94. The van der Waals surface area contributed by atoms with Gasteiger partial charge in [-0.25, -0.2) is 19.9 Å². The predicted octanol–water partition coefficient (Wildman–Crippen LogP) is 28.1. The molecule has 22 aromatic rings. The van der Waals surface area contributed by atoms with Crippen LogP contribution in [0, 0.1) is 0 Å². The molecule has 0 fully saturated rings. The maximum atomic E-state index is 5.32. The molecular formula is C104H64N4. The normalized spacial score (nSPS) is 11.7. The zero-order chi connectivity index (χ0) is 71.2. The van der Waals surface area contributed by atoms with E-state index in [4.69, 9.17) is 19.9 Å². The number of benzene rings is 18. The van der Waals surface area contributed by atoms with E-state index < -0.39 is 0 Å². The molecule has 0 aliphatic heterocycles. The Morgan fingerprint density at radius 3 is 0.833 bits per heavy atom. The quantitative estimate of drug-likeness (QED) is 0.112. The van der Waals surface area contributed by atoms with E-state index in [1.54, 1.807) is 0 Å². The van der Waals surface area contributed by atoms with Crippen LogP contribution in [0.3, 0.4) is 0 Å². The minimum absolute atomic E-state index is 0.918. The van der Waals surface area contributed by atoms with E-state index in [9.17, 15) is 0 Å². The molecule has 0 radical (unpaired) electrons. The number of pyridine rings is 4. The van der Waals surface area contributed by atoms with Crippen LogP contribution in [-0.2, 0) is 0 Å². The Kier molecular flexibility index (Phi) is 14.9. The number of para-hydroxylation sites is 2. The fourth-order valence-electron chi connectivity index (χ4n) is 16.4. The van der Waals surface area contributed by atoms with E-state index in [-0.39, 0.29) is 0 Å². The minimum Gasteiger partial charge on any atom is -0.245 e. The van der Waals surface area contributed by atoms with E-state index in [0.717, 1.165) is 87.9 Å². The monoisotopic (exact) mass is 1370 g/mol. The third kappa shape index (κ3) is 11.2. The first-order valence-corrected chi connectivity index (χ1v) is 36.9. The summed E-state index contributed by atoms with van der Waals surface area (Å²) in [6.07, 6.45) is 0. The van der Waals surface area contributed by atoms with E-state index in [1.807, 2.05) is 0 Å². The lowest BCUT2D eigenvalue weighted by molar-refractivity contribution is 1.39. The zero-order valence-electron chi connectivity index (χ0n) is 58.7. The van der Waals surface area contributed by atoms with Crippen LogP contribution in [-0.4, -0.2) is 19.9 Å². The second kappa shape index (κ2) is 25.8. The van der Waals surface area contributed by atoms with Gasteiger partial charge in [0.2, 0.25) is 0 Å². The van der Waals surface area contributed by atoms with Crippen molar-refractivity contribution in [1.29, 1.82) is 0 Å². The summed E-state index contributed by atoms with van der Waals surface area (Å²) < 4.78 is 0. The van der Waals surface area contributed by atoms with Crippen LogP contribution in [0.4, 0.5) is 0 Å². The Bertz CT molecular complexity index is 7430. The van der Waals surface area contributed by atoms with Gasteiger partial charge in [-0.3, -0.25) is 0 Å². The molecule has 0 amide bonds. The average molecular weight is 1370 g/mol. The van der Waals surface area contributed by atoms with Crippen LogP contribution in [0.25, 0.3) is 219 Å². The maximum absolute atomic E-state index is 5.32. The van der Waals surface area contributed by atoms with Crippen LogP contribution in [0.2, 0.25) is 0 Å². The summed E-state index contributed by atoms with van der Waals surface area (Å²) in [7, 11) is 0. The number of hydrogen-bond donors (Lipinski definition) is 0. The molecule has 0 unspecified atom stereocenters. The van der Waals surface area contributed by atoms with E-state index in [1.165, 1.54) is 131 Å². The van der Waals surface area contributed by atoms with Crippen LogP contribution in [0.15, 0.2) is 388 Å². The summed E-state index contributed by atoms with van der Waals surface area (Å²) in [4.78, 5) is 21.0. The summed E-state index contributed by atoms with van der Waals surface area (Å²) in [5, 5.41) is 21.5. The van der Waals surface area contributed by atoms with Crippen LogP contribution in [0.1, 0.15) is 0 Å². The molecule has 500 valence electrons. The van der Waals surface area contributed by atoms with Crippen molar-refractivity contribution in [3.8, 4) is 89.3 Å². The standard InChI is InChI=1S/C56H34N2.C48H30N2/c1-2-9-36(10-3-1)54-50-12-6-7-13-53(50)58-56-51(54)26-24-37-25-27-52(57-55(37)56)47-23-22-46-32-48-31-44(20-21-45(48)33-49(46)34-47)43-19-18-41-29-40(16-17-42(41)30-43)39-15-14-35-8-4-5-11-38(35)28-39;1-2-10-32(11-3-1)46-42-15-6-7-16-45(42)50-48-43(46)25-23-33-24-26-44(49-47(33)48)41-14-8-13-35(30-41)36-19-20-40-29-39(22-21-38(40)28-36)37-18-17-31-9-4-5-12-34(31)27-37/h1-34H;1-30H. The van der Waals surface area contributed by atoms with Gasteiger partial charge in [-0.2, -0.15) is 0 Å². The van der Waals surface area contributed by atoms with E-state index in [0.29, 0.717) is 0 Å². The molecule has 0 spiro atoms. The summed E-state index contributed by atoms with van der Waals surface area (Å²) in [5.74, 6) is 0. The van der Waals surface area contributed by atoms with Gasteiger partial charge >= 0.3 is 0 Å². The number of nitrogens with zero attached hydrogens (tertiary/aromatic N) is 4.